The minimum Gasteiger partial charge on any atom is -0.356 e. The number of fused-ring (bicyclic) bond motifs is 1. The van der Waals surface area contributed by atoms with Gasteiger partial charge in [0.25, 0.3) is 11.5 Å². The second-order valence-electron chi connectivity index (χ2n) is 6.89. The van der Waals surface area contributed by atoms with Crippen LogP contribution in [0.3, 0.4) is 0 Å². The lowest BCUT2D eigenvalue weighted by Gasteiger charge is -2.19. The zero-order valence-electron chi connectivity index (χ0n) is 15.0. The maximum Gasteiger partial charge on any atom is 0.263 e. The van der Waals surface area contributed by atoms with Gasteiger partial charge < -0.3 is 10.6 Å². The van der Waals surface area contributed by atoms with Crippen molar-refractivity contribution in [2.75, 3.05) is 18.4 Å². The second kappa shape index (κ2) is 7.28. The Bertz CT molecular complexity index is 952. The van der Waals surface area contributed by atoms with E-state index in [1.54, 1.807) is 10.7 Å². The summed E-state index contributed by atoms with van der Waals surface area (Å²) in [6.07, 6.45) is 2.24. The Kier molecular flexibility index (Phi) is 5.08. The van der Waals surface area contributed by atoms with Gasteiger partial charge in [0.2, 0.25) is 5.95 Å². The molecule has 8 nitrogen and oxygen atoms in total. The second-order valence-corrected chi connectivity index (χ2v) is 7.84. The molecule has 138 valence electrons. The Balaban J connectivity index is 1.59. The first-order valence-corrected chi connectivity index (χ1v) is 9.28. The van der Waals surface area contributed by atoms with E-state index in [1.165, 1.54) is 17.5 Å². The molecule has 3 heterocycles. The number of hydrogen-bond donors (Lipinski definition) is 3. The van der Waals surface area contributed by atoms with E-state index in [4.69, 9.17) is 0 Å². The fraction of sp³-hybridized carbons (Fsp3) is 0.412. The van der Waals surface area contributed by atoms with Gasteiger partial charge in [0.15, 0.2) is 5.65 Å². The van der Waals surface area contributed by atoms with E-state index >= 15 is 0 Å². The predicted octanol–water partition coefficient (Wildman–Crippen LogP) is 2.17. The van der Waals surface area contributed by atoms with Crippen molar-refractivity contribution in [3.8, 4) is 0 Å². The molecule has 3 rings (SSSR count). The van der Waals surface area contributed by atoms with Crippen molar-refractivity contribution in [3.05, 3.63) is 38.9 Å². The van der Waals surface area contributed by atoms with Gasteiger partial charge in [-0.25, -0.2) is 4.68 Å². The number of anilines is 1. The van der Waals surface area contributed by atoms with Crippen molar-refractivity contribution in [1.82, 2.24) is 25.1 Å². The number of carbonyl (C=O) groups excluding carboxylic acids is 1. The molecule has 0 fully saturated rings. The molecule has 9 heteroatoms. The highest BCUT2D eigenvalue weighted by Gasteiger charge is 2.19. The van der Waals surface area contributed by atoms with Crippen molar-refractivity contribution < 1.29 is 4.79 Å². The standard InChI is InChI=1S/C17H22N6O2S/c1-17(2,3)23-13-11(10-20-23)14(24)22-16(21-13)19-8-5-7-18-15(25)12-6-4-9-26-12/h4,6,9-10H,5,7-8H2,1-3H3,(H,18,25)(H2,19,21,22,24). The maximum absolute atomic E-state index is 12.2. The van der Waals surface area contributed by atoms with Gasteiger partial charge in [-0.2, -0.15) is 10.1 Å². The molecule has 0 aliphatic carbocycles. The number of aromatic nitrogens is 4. The molecule has 0 aromatic carbocycles. The van der Waals surface area contributed by atoms with Crippen molar-refractivity contribution in [2.45, 2.75) is 32.7 Å². The van der Waals surface area contributed by atoms with Gasteiger partial charge in [0, 0.05) is 13.1 Å². The number of carbonyl (C=O) groups is 1. The van der Waals surface area contributed by atoms with E-state index in [0.29, 0.717) is 41.4 Å². The first-order chi connectivity index (χ1) is 12.4. The van der Waals surface area contributed by atoms with Crippen molar-refractivity contribution in [2.24, 2.45) is 0 Å². The fourth-order valence-corrected chi connectivity index (χ4v) is 3.13. The number of thiophene rings is 1. The molecule has 0 aliphatic heterocycles. The van der Waals surface area contributed by atoms with Crippen molar-refractivity contribution in [1.29, 1.82) is 0 Å². The molecule has 0 atom stereocenters. The Labute approximate surface area is 154 Å². The minimum absolute atomic E-state index is 0.0676. The van der Waals surface area contributed by atoms with E-state index in [1.807, 2.05) is 32.2 Å². The van der Waals surface area contributed by atoms with Crippen LogP contribution in [0.25, 0.3) is 11.0 Å². The predicted molar refractivity (Wildman–Crippen MR) is 103 cm³/mol. The van der Waals surface area contributed by atoms with Crippen LogP contribution in [-0.4, -0.2) is 38.7 Å². The lowest BCUT2D eigenvalue weighted by Crippen LogP contribution is -2.26. The average molecular weight is 374 g/mol. The van der Waals surface area contributed by atoms with Crippen molar-refractivity contribution in [3.63, 3.8) is 0 Å². The summed E-state index contributed by atoms with van der Waals surface area (Å²) >= 11 is 1.41. The zero-order valence-corrected chi connectivity index (χ0v) is 15.8. The van der Waals surface area contributed by atoms with Crippen LogP contribution in [0.2, 0.25) is 0 Å². The van der Waals surface area contributed by atoms with E-state index in [2.05, 4.69) is 25.7 Å². The number of amides is 1. The normalized spacial score (nSPS) is 11.7. The Hall–Kier alpha value is -2.68. The third kappa shape index (κ3) is 3.93. The number of aromatic amines is 1. The highest BCUT2D eigenvalue weighted by molar-refractivity contribution is 7.12. The summed E-state index contributed by atoms with van der Waals surface area (Å²) < 4.78 is 1.74. The SMILES string of the molecule is CC(C)(C)n1ncc2c(=O)[nH]c(NCCCNC(=O)c3cccs3)nc21. The Morgan fingerprint density at radius 1 is 1.35 bits per heavy atom. The van der Waals surface area contributed by atoms with Crippen LogP contribution in [-0.2, 0) is 5.54 Å². The Morgan fingerprint density at radius 3 is 2.85 bits per heavy atom. The average Bonchev–Trinajstić information content (AvgIpc) is 3.23. The van der Waals surface area contributed by atoms with Gasteiger partial charge in [-0.15, -0.1) is 11.3 Å². The van der Waals surface area contributed by atoms with Crippen LogP contribution in [0, 0.1) is 0 Å². The lowest BCUT2D eigenvalue weighted by molar-refractivity contribution is 0.0957. The molecule has 26 heavy (non-hydrogen) atoms. The summed E-state index contributed by atoms with van der Waals surface area (Å²) in [6.45, 7) is 7.13. The smallest absolute Gasteiger partial charge is 0.263 e. The third-order valence-corrected chi connectivity index (χ3v) is 4.62. The zero-order chi connectivity index (χ0) is 18.7. The first-order valence-electron chi connectivity index (χ1n) is 8.40. The summed E-state index contributed by atoms with van der Waals surface area (Å²) in [5.74, 6) is 0.333. The van der Waals surface area contributed by atoms with Crippen LogP contribution >= 0.6 is 11.3 Å². The number of hydrogen-bond acceptors (Lipinski definition) is 6. The molecule has 3 N–H and O–H groups in total. The topological polar surface area (TPSA) is 105 Å². The van der Waals surface area contributed by atoms with Crippen LogP contribution in [0.5, 0.6) is 0 Å². The van der Waals surface area contributed by atoms with Gasteiger partial charge in [0.1, 0.15) is 5.39 Å². The molecule has 1 amide bonds. The van der Waals surface area contributed by atoms with E-state index in [0.717, 1.165) is 0 Å². The summed E-state index contributed by atoms with van der Waals surface area (Å²) in [7, 11) is 0. The molecule has 0 bridgehead atoms. The minimum atomic E-state index is -0.272. The largest absolute Gasteiger partial charge is 0.356 e. The third-order valence-electron chi connectivity index (χ3n) is 3.75. The number of nitrogens with one attached hydrogen (secondary N) is 3. The molecular weight excluding hydrogens is 352 g/mol. The van der Waals surface area contributed by atoms with Gasteiger partial charge >= 0.3 is 0 Å². The quantitative estimate of drug-likeness (QED) is 0.574. The van der Waals surface area contributed by atoms with Crippen molar-refractivity contribution >= 4 is 34.2 Å². The van der Waals surface area contributed by atoms with E-state index in [9.17, 15) is 9.59 Å². The van der Waals surface area contributed by atoms with Crippen LogP contribution in [0.15, 0.2) is 28.5 Å². The molecule has 0 aliphatic rings. The van der Waals surface area contributed by atoms with Crippen LogP contribution < -0.4 is 16.2 Å². The molecule has 0 saturated heterocycles. The highest BCUT2D eigenvalue weighted by atomic mass is 32.1. The molecule has 3 aromatic rings. The number of nitrogens with zero attached hydrogens (tertiary/aromatic N) is 3. The maximum atomic E-state index is 12.2. The first kappa shape index (κ1) is 18.1. The summed E-state index contributed by atoms with van der Waals surface area (Å²) in [5.41, 5.74) is 0.0556. The van der Waals surface area contributed by atoms with E-state index in [-0.39, 0.29) is 17.0 Å². The summed E-state index contributed by atoms with van der Waals surface area (Å²) in [6, 6.07) is 3.64. The molecular formula is C17H22N6O2S. The van der Waals surface area contributed by atoms with Gasteiger partial charge in [0.05, 0.1) is 16.6 Å². The van der Waals surface area contributed by atoms with Gasteiger partial charge in [-0.1, -0.05) is 6.07 Å². The number of H-pyrrole nitrogens is 1. The highest BCUT2D eigenvalue weighted by Crippen LogP contribution is 2.18. The monoisotopic (exact) mass is 374 g/mol. The molecule has 3 aromatic heterocycles. The van der Waals surface area contributed by atoms with Gasteiger partial charge in [-0.3, -0.25) is 14.6 Å². The molecule has 0 radical (unpaired) electrons. The Morgan fingerprint density at radius 2 is 2.15 bits per heavy atom. The molecule has 0 spiro atoms. The van der Waals surface area contributed by atoms with E-state index < -0.39 is 0 Å². The lowest BCUT2D eigenvalue weighted by atomic mass is 10.1. The van der Waals surface area contributed by atoms with Crippen LogP contribution in [0.4, 0.5) is 5.95 Å². The number of rotatable bonds is 6. The molecule has 0 saturated carbocycles. The summed E-state index contributed by atoms with van der Waals surface area (Å²) in [5, 5.41) is 12.6. The summed E-state index contributed by atoms with van der Waals surface area (Å²) in [4.78, 5) is 31.9. The fourth-order valence-electron chi connectivity index (χ4n) is 2.49. The van der Waals surface area contributed by atoms with Gasteiger partial charge in [-0.05, 0) is 38.6 Å². The molecule has 0 unspecified atom stereocenters. The van der Waals surface area contributed by atoms with Crippen LogP contribution in [0.1, 0.15) is 36.9 Å².